The number of amides is 2. The lowest BCUT2D eigenvalue weighted by Gasteiger charge is -2.07. The van der Waals surface area contributed by atoms with Crippen molar-refractivity contribution in [2.75, 3.05) is 11.9 Å². The third kappa shape index (κ3) is 3.66. The van der Waals surface area contributed by atoms with E-state index in [0.717, 1.165) is 5.76 Å². The highest BCUT2D eigenvalue weighted by Gasteiger charge is 2.21. The molecule has 0 radical (unpaired) electrons. The molecular weight excluding hydrogens is 330 g/mol. The van der Waals surface area contributed by atoms with E-state index < -0.39 is 0 Å². The molecule has 0 unspecified atom stereocenters. The molecule has 1 saturated carbocycles. The van der Waals surface area contributed by atoms with Crippen LogP contribution in [0.2, 0.25) is 0 Å². The van der Waals surface area contributed by atoms with Crippen LogP contribution in [-0.2, 0) is 0 Å². The Bertz CT molecular complexity index is 946. The SMILES string of the molecule is CC(C)c1ccc(-c2cnc3ccc(NC(=O)NCC4CC4)nc3n2)o1. The van der Waals surface area contributed by atoms with E-state index in [4.69, 9.17) is 4.42 Å². The predicted molar refractivity (Wildman–Crippen MR) is 98.9 cm³/mol. The highest BCUT2D eigenvalue weighted by molar-refractivity contribution is 5.89. The highest BCUT2D eigenvalue weighted by atomic mass is 16.3. The normalized spacial score (nSPS) is 14.0. The molecule has 0 bridgehead atoms. The lowest BCUT2D eigenvalue weighted by molar-refractivity contribution is 0.251. The van der Waals surface area contributed by atoms with Crippen LogP contribution in [0.4, 0.5) is 10.6 Å². The largest absolute Gasteiger partial charge is 0.459 e. The Morgan fingerprint density at radius 2 is 2.08 bits per heavy atom. The maximum absolute atomic E-state index is 11.9. The van der Waals surface area contributed by atoms with Crippen molar-refractivity contribution in [1.29, 1.82) is 0 Å². The standard InChI is InChI=1S/C19H21N5O2/c1-11(2)15-6-7-16(26-15)14-10-20-13-5-8-17(23-18(13)22-14)24-19(25)21-9-12-3-4-12/h5-8,10-12H,3-4,9H2,1-2H3,(H2,21,22,23,24,25). The zero-order chi connectivity index (χ0) is 18.1. The average Bonchev–Trinajstić information content (AvgIpc) is 3.32. The van der Waals surface area contributed by atoms with E-state index in [-0.39, 0.29) is 6.03 Å². The molecule has 3 aromatic rings. The molecule has 1 aliphatic carbocycles. The van der Waals surface area contributed by atoms with Crippen molar-refractivity contribution >= 4 is 23.0 Å². The number of hydrogen-bond acceptors (Lipinski definition) is 5. The first-order chi connectivity index (χ1) is 12.6. The van der Waals surface area contributed by atoms with Crippen LogP contribution in [0.5, 0.6) is 0 Å². The summed E-state index contributed by atoms with van der Waals surface area (Å²) in [6, 6.07) is 7.09. The number of fused-ring (bicyclic) bond motifs is 1. The Labute approximate surface area is 151 Å². The van der Waals surface area contributed by atoms with Gasteiger partial charge in [-0.3, -0.25) is 10.3 Å². The summed E-state index contributed by atoms with van der Waals surface area (Å²) < 4.78 is 5.83. The maximum atomic E-state index is 11.9. The van der Waals surface area contributed by atoms with Crippen LogP contribution in [0, 0.1) is 5.92 Å². The smallest absolute Gasteiger partial charge is 0.320 e. The topological polar surface area (TPSA) is 92.9 Å². The summed E-state index contributed by atoms with van der Waals surface area (Å²) in [7, 11) is 0. The van der Waals surface area contributed by atoms with Crippen LogP contribution in [-0.4, -0.2) is 27.5 Å². The Morgan fingerprint density at radius 1 is 1.23 bits per heavy atom. The summed E-state index contributed by atoms with van der Waals surface area (Å²) in [6.07, 6.45) is 4.05. The molecular formula is C19H21N5O2. The third-order valence-electron chi connectivity index (χ3n) is 4.34. The van der Waals surface area contributed by atoms with Crippen molar-refractivity contribution in [3.8, 4) is 11.5 Å². The molecule has 0 spiro atoms. The van der Waals surface area contributed by atoms with Gasteiger partial charge in [-0.1, -0.05) is 13.8 Å². The van der Waals surface area contributed by atoms with Crippen molar-refractivity contribution in [3.05, 3.63) is 36.2 Å². The van der Waals surface area contributed by atoms with Gasteiger partial charge in [0, 0.05) is 12.5 Å². The summed E-state index contributed by atoms with van der Waals surface area (Å²) in [5.74, 6) is 2.94. The van der Waals surface area contributed by atoms with Crippen LogP contribution in [0.15, 0.2) is 34.9 Å². The molecule has 4 rings (SSSR count). The summed E-state index contributed by atoms with van der Waals surface area (Å²) in [4.78, 5) is 25.2. The molecule has 2 N–H and O–H groups in total. The van der Waals surface area contributed by atoms with Gasteiger partial charge in [-0.05, 0) is 43.0 Å². The number of rotatable bonds is 5. The average molecular weight is 351 g/mol. The van der Waals surface area contributed by atoms with E-state index in [0.29, 0.717) is 46.8 Å². The Morgan fingerprint density at radius 3 is 2.81 bits per heavy atom. The summed E-state index contributed by atoms with van der Waals surface area (Å²) in [5.41, 5.74) is 1.74. The van der Waals surface area contributed by atoms with Gasteiger partial charge in [0.05, 0.1) is 6.20 Å². The maximum Gasteiger partial charge on any atom is 0.320 e. The van der Waals surface area contributed by atoms with E-state index in [1.54, 1.807) is 18.3 Å². The van der Waals surface area contributed by atoms with Crippen molar-refractivity contribution < 1.29 is 9.21 Å². The van der Waals surface area contributed by atoms with Gasteiger partial charge in [0.15, 0.2) is 11.4 Å². The molecule has 3 aromatic heterocycles. The van der Waals surface area contributed by atoms with Crippen LogP contribution < -0.4 is 10.6 Å². The molecule has 26 heavy (non-hydrogen) atoms. The Kier molecular flexibility index (Phi) is 4.28. The Hall–Kier alpha value is -2.96. The zero-order valence-corrected chi connectivity index (χ0v) is 14.8. The van der Waals surface area contributed by atoms with Crippen LogP contribution >= 0.6 is 0 Å². The van der Waals surface area contributed by atoms with Gasteiger partial charge in [-0.2, -0.15) is 0 Å². The van der Waals surface area contributed by atoms with Crippen LogP contribution in [0.3, 0.4) is 0 Å². The molecule has 7 heteroatoms. The molecule has 1 fully saturated rings. The van der Waals surface area contributed by atoms with E-state index in [9.17, 15) is 4.79 Å². The second-order valence-corrected chi connectivity index (χ2v) is 6.93. The predicted octanol–water partition coefficient (Wildman–Crippen LogP) is 3.94. The first kappa shape index (κ1) is 16.5. The molecule has 0 atom stereocenters. The number of aromatic nitrogens is 3. The highest BCUT2D eigenvalue weighted by Crippen LogP contribution is 2.27. The van der Waals surface area contributed by atoms with Gasteiger partial charge in [0.2, 0.25) is 0 Å². The van der Waals surface area contributed by atoms with E-state index in [1.807, 2.05) is 12.1 Å². The van der Waals surface area contributed by atoms with E-state index >= 15 is 0 Å². The number of pyridine rings is 1. The quantitative estimate of drug-likeness (QED) is 0.726. The Balaban J connectivity index is 1.54. The van der Waals surface area contributed by atoms with Gasteiger partial charge in [0.1, 0.15) is 22.8 Å². The molecule has 134 valence electrons. The minimum atomic E-state index is -0.250. The van der Waals surface area contributed by atoms with Crippen LogP contribution in [0.1, 0.15) is 38.4 Å². The lowest BCUT2D eigenvalue weighted by atomic mass is 10.2. The fraction of sp³-hybridized carbons (Fsp3) is 0.368. The third-order valence-corrected chi connectivity index (χ3v) is 4.34. The summed E-state index contributed by atoms with van der Waals surface area (Å²) in [5, 5.41) is 5.59. The number of urea groups is 1. The van der Waals surface area contributed by atoms with Gasteiger partial charge in [-0.25, -0.2) is 14.8 Å². The first-order valence-corrected chi connectivity index (χ1v) is 8.87. The lowest BCUT2D eigenvalue weighted by Crippen LogP contribution is -2.30. The van der Waals surface area contributed by atoms with Crippen molar-refractivity contribution in [2.24, 2.45) is 5.92 Å². The van der Waals surface area contributed by atoms with Crippen molar-refractivity contribution in [2.45, 2.75) is 32.6 Å². The van der Waals surface area contributed by atoms with Crippen molar-refractivity contribution in [3.63, 3.8) is 0 Å². The number of hydrogen-bond donors (Lipinski definition) is 2. The monoisotopic (exact) mass is 351 g/mol. The first-order valence-electron chi connectivity index (χ1n) is 8.87. The fourth-order valence-electron chi connectivity index (χ4n) is 2.61. The second-order valence-electron chi connectivity index (χ2n) is 6.93. The molecule has 1 aliphatic rings. The molecule has 0 aromatic carbocycles. The van der Waals surface area contributed by atoms with E-state index in [1.165, 1.54) is 12.8 Å². The zero-order valence-electron chi connectivity index (χ0n) is 14.8. The number of carbonyl (C=O) groups excluding carboxylic acids is 1. The number of carbonyl (C=O) groups is 1. The van der Waals surface area contributed by atoms with Gasteiger partial charge >= 0.3 is 6.03 Å². The molecule has 0 aliphatic heterocycles. The second kappa shape index (κ2) is 6.74. The number of furan rings is 1. The van der Waals surface area contributed by atoms with Crippen LogP contribution in [0.25, 0.3) is 22.6 Å². The molecule has 2 amide bonds. The van der Waals surface area contributed by atoms with E-state index in [2.05, 4.69) is 39.4 Å². The van der Waals surface area contributed by atoms with Gasteiger partial charge in [-0.15, -0.1) is 0 Å². The van der Waals surface area contributed by atoms with Gasteiger partial charge < -0.3 is 9.73 Å². The molecule has 0 saturated heterocycles. The van der Waals surface area contributed by atoms with Gasteiger partial charge in [0.25, 0.3) is 0 Å². The number of nitrogens with zero attached hydrogens (tertiary/aromatic N) is 3. The van der Waals surface area contributed by atoms with Crippen molar-refractivity contribution in [1.82, 2.24) is 20.3 Å². The summed E-state index contributed by atoms with van der Waals surface area (Å²) >= 11 is 0. The molecule has 3 heterocycles. The molecule has 7 nitrogen and oxygen atoms in total. The number of nitrogens with one attached hydrogen (secondary N) is 2. The summed E-state index contributed by atoms with van der Waals surface area (Å²) in [6.45, 7) is 4.85. The minimum Gasteiger partial charge on any atom is -0.459 e. The fourth-order valence-corrected chi connectivity index (χ4v) is 2.61. The minimum absolute atomic E-state index is 0.250. The number of anilines is 1.